The Labute approximate surface area is 167 Å². The summed E-state index contributed by atoms with van der Waals surface area (Å²) >= 11 is 0. The zero-order valence-electron chi connectivity index (χ0n) is 15.5. The van der Waals surface area contributed by atoms with Gasteiger partial charge in [0.1, 0.15) is 18.2 Å². The van der Waals surface area contributed by atoms with Crippen LogP contribution in [0.2, 0.25) is 0 Å². The molecule has 0 saturated carbocycles. The van der Waals surface area contributed by atoms with E-state index in [1.807, 2.05) is 12.1 Å². The van der Waals surface area contributed by atoms with Gasteiger partial charge < -0.3 is 10.1 Å². The lowest BCUT2D eigenvalue weighted by atomic mass is 10.1. The Balaban J connectivity index is 1.45. The molecular formula is C22H19FN2O4. The molecule has 0 aromatic heterocycles. The topological polar surface area (TPSA) is 81.5 Å². The summed E-state index contributed by atoms with van der Waals surface area (Å²) in [6.45, 7) is 0.624. The van der Waals surface area contributed by atoms with Crippen LogP contribution in [0.25, 0.3) is 0 Å². The number of nitro benzene ring substituents is 1. The van der Waals surface area contributed by atoms with Crippen LogP contribution in [0.15, 0.2) is 72.8 Å². The number of ether oxygens (including phenoxy) is 1. The number of rotatable bonds is 8. The first-order valence-corrected chi connectivity index (χ1v) is 8.96. The predicted octanol–water partition coefficient (Wildman–Crippen LogP) is 4.17. The maximum Gasteiger partial charge on any atom is 0.269 e. The molecule has 0 aliphatic carbocycles. The fraction of sp³-hybridized carbons (Fsp3) is 0.136. The number of halogens is 1. The summed E-state index contributed by atoms with van der Waals surface area (Å²) in [6, 6.07) is 19.4. The second kappa shape index (κ2) is 9.45. The second-order valence-electron chi connectivity index (χ2n) is 6.44. The summed E-state index contributed by atoms with van der Waals surface area (Å²) in [5.74, 6) is 0.173. The highest BCUT2D eigenvalue weighted by atomic mass is 19.1. The third-order valence-corrected chi connectivity index (χ3v) is 4.22. The highest BCUT2D eigenvalue weighted by Gasteiger charge is 2.07. The third-order valence-electron chi connectivity index (χ3n) is 4.22. The fourth-order valence-corrected chi connectivity index (χ4v) is 2.68. The van der Waals surface area contributed by atoms with Crippen molar-refractivity contribution in [3.63, 3.8) is 0 Å². The van der Waals surface area contributed by atoms with Gasteiger partial charge in [0.25, 0.3) is 5.69 Å². The molecule has 0 heterocycles. The Morgan fingerprint density at radius 3 is 2.31 bits per heavy atom. The van der Waals surface area contributed by atoms with Crippen LogP contribution in [0, 0.1) is 15.9 Å². The Morgan fingerprint density at radius 1 is 0.966 bits per heavy atom. The molecule has 3 rings (SSSR count). The molecule has 148 valence electrons. The molecule has 1 N–H and O–H groups in total. The first-order valence-electron chi connectivity index (χ1n) is 8.96. The van der Waals surface area contributed by atoms with Gasteiger partial charge in [0.15, 0.2) is 0 Å². The lowest BCUT2D eigenvalue weighted by Gasteiger charge is -2.09. The van der Waals surface area contributed by atoms with Crippen molar-refractivity contribution < 1.29 is 18.8 Å². The zero-order chi connectivity index (χ0) is 20.6. The first kappa shape index (κ1) is 20.0. The van der Waals surface area contributed by atoms with Crippen molar-refractivity contribution in [2.75, 3.05) is 0 Å². The number of non-ortho nitro benzene ring substituents is 1. The van der Waals surface area contributed by atoms with Gasteiger partial charge in [0.2, 0.25) is 5.91 Å². The Kier molecular flexibility index (Phi) is 6.52. The van der Waals surface area contributed by atoms with Gasteiger partial charge in [-0.2, -0.15) is 0 Å². The molecule has 0 spiro atoms. The molecule has 7 heteroatoms. The number of hydrogen-bond donors (Lipinski definition) is 1. The quantitative estimate of drug-likeness (QED) is 0.459. The lowest BCUT2D eigenvalue weighted by molar-refractivity contribution is -0.384. The number of hydrogen-bond acceptors (Lipinski definition) is 4. The highest BCUT2D eigenvalue weighted by molar-refractivity contribution is 5.78. The number of nitrogens with zero attached hydrogens (tertiary/aromatic N) is 1. The summed E-state index contributed by atoms with van der Waals surface area (Å²) in [5.41, 5.74) is 2.34. The van der Waals surface area contributed by atoms with E-state index < -0.39 is 4.92 Å². The molecule has 1 amide bonds. The molecule has 3 aromatic carbocycles. The van der Waals surface area contributed by atoms with Gasteiger partial charge in [-0.15, -0.1) is 0 Å². The van der Waals surface area contributed by atoms with Crippen molar-refractivity contribution >= 4 is 11.6 Å². The van der Waals surface area contributed by atoms with Crippen molar-refractivity contribution in [2.45, 2.75) is 19.6 Å². The van der Waals surface area contributed by atoms with E-state index in [9.17, 15) is 19.3 Å². The third kappa shape index (κ3) is 6.14. The molecule has 0 aliphatic heterocycles. The minimum atomic E-state index is -0.477. The minimum Gasteiger partial charge on any atom is -0.489 e. The molecule has 0 unspecified atom stereocenters. The van der Waals surface area contributed by atoms with Crippen LogP contribution in [0.3, 0.4) is 0 Å². The summed E-state index contributed by atoms with van der Waals surface area (Å²) in [7, 11) is 0. The smallest absolute Gasteiger partial charge is 0.269 e. The molecule has 0 saturated heterocycles. The van der Waals surface area contributed by atoms with Gasteiger partial charge in [-0.1, -0.05) is 36.4 Å². The summed E-state index contributed by atoms with van der Waals surface area (Å²) in [5, 5.41) is 13.5. The van der Waals surface area contributed by atoms with Gasteiger partial charge in [-0.05, 0) is 41.0 Å². The zero-order valence-corrected chi connectivity index (χ0v) is 15.5. The van der Waals surface area contributed by atoms with Gasteiger partial charge in [0, 0.05) is 18.7 Å². The van der Waals surface area contributed by atoms with E-state index in [4.69, 9.17) is 4.74 Å². The molecular weight excluding hydrogens is 375 g/mol. The van der Waals surface area contributed by atoms with E-state index in [-0.39, 0.29) is 30.4 Å². The largest absolute Gasteiger partial charge is 0.489 e. The van der Waals surface area contributed by atoms with Gasteiger partial charge in [0.05, 0.1) is 11.3 Å². The van der Waals surface area contributed by atoms with Crippen LogP contribution in [0.5, 0.6) is 5.75 Å². The number of nitrogens with one attached hydrogen (secondary N) is 1. The first-order chi connectivity index (χ1) is 14.0. The van der Waals surface area contributed by atoms with Crippen molar-refractivity contribution in [3.8, 4) is 5.75 Å². The Morgan fingerprint density at radius 2 is 1.66 bits per heavy atom. The van der Waals surface area contributed by atoms with Crippen LogP contribution in [-0.2, 0) is 24.4 Å². The average Bonchev–Trinajstić information content (AvgIpc) is 2.72. The van der Waals surface area contributed by atoms with E-state index in [2.05, 4.69) is 5.32 Å². The molecule has 3 aromatic rings. The van der Waals surface area contributed by atoms with Gasteiger partial charge in [-0.3, -0.25) is 14.9 Å². The maximum absolute atomic E-state index is 13.2. The molecule has 0 atom stereocenters. The standard InChI is InChI=1S/C22H19FN2O4/c23-19-3-1-2-18(12-19)15-29-21-10-6-17(7-11-21)14-24-22(26)13-16-4-8-20(9-5-16)25(27)28/h1-12H,13-15H2,(H,24,26). The van der Waals surface area contributed by atoms with Crippen molar-refractivity contribution in [1.82, 2.24) is 5.32 Å². The molecule has 6 nitrogen and oxygen atoms in total. The minimum absolute atomic E-state index is 0.00568. The summed E-state index contributed by atoms with van der Waals surface area (Å²) in [6.07, 6.45) is 0.146. The number of carbonyl (C=O) groups excluding carboxylic acids is 1. The molecule has 0 bridgehead atoms. The predicted molar refractivity (Wildman–Crippen MR) is 106 cm³/mol. The SMILES string of the molecule is O=C(Cc1ccc([N+](=O)[O-])cc1)NCc1ccc(OCc2cccc(F)c2)cc1. The molecule has 0 radical (unpaired) electrons. The van der Waals surface area contributed by atoms with Crippen LogP contribution in [0.1, 0.15) is 16.7 Å². The van der Waals surface area contributed by atoms with Crippen LogP contribution in [-0.4, -0.2) is 10.8 Å². The molecule has 0 aliphatic rings. The number of nitro groups is 1. The van der Waals surface area contributed by atoms with Crippen molar-refractivity contribution in [2.24, 2.45) is 0 Å². The van der Waals surface area contributed by atoms with Crippen LogP contribution < -0.4 is 10.1 Å². The normalized spacial score (nSPS) is 10.4. The van der Waals surface area contributed by atoms with E-state index in [0.717, 1.165) is 11.1 Å². The molecule has 0 fully saturated rings. The Hall–Kier alpha value is -3.74. The fourth-order valence-electron chi connectivity index (χ4n) is 2.68. The van der Waals surface area contributed by atoms with Gasteiger partial charge >= 0.3 is 0 Å². The highest BCUT2D eigenvalue weighted by Crippen LogP contribution is 2.15. The molecule has 29 heavy (non-hydrogen) atoms. The Bertz CT molecular complexity index is 988. The second-order valence-corrected chi connectivity index (χ2v) is 6.44. The van der Waals surface area contributed by atoms with Crippen LogP contribution >= 0.6 is 0 Å². The van der Waals surface area contributed by atoms with E-state index >= 15 is 0 Å². The summed E-state index contributed by atoms with van der Waals surface area (Å²) in [4.78, 5) is 22.2. The van der Waals surface area contributed by atoms with E-state index in [1.54, 1.807) is 36.4 Å². The maximum atomic E-state index is 13.2. The van der Waals surface area contributed by atoms with E-state index in [1.165, 1.54) is 24.3 Å². The monoisotopic (exact) mass is 394 g/mol. The van der Waals surface area contributed by atoms with E-state index in [0.29, 0.717) is 17.9 Å². The number of carbonyl (C=O) groups is 1. The lowest BCUT2D eigenvalue weighted by Crippen LogP contribution is -2.24. The average molecular weight is 394 g/mol. The van der Waals surface area contributed by atoms with Gasteiger partial charge in [-0.25, -0.2) is 4.39 Å². The summed E-state index contributed by atoms with van der Waals surface area (Å²) < 4.78 is 18.8. The number of benzene rings is 3. The van der Waals surface area contributed by atoms with Crippen molar-refractivity contribution in [1.29, 1.82) is 0 Å². The van der Waals surface area contributed by atoms with Crippen LogP contribution in [0.4, 0.5) is 10.1 Å². The number of amides is 1. The van der Waals surface area contributed by atoms with Crippen molar-refractivity contribution in [3.05, 3.63) is 105 Å².